The highest BCUT2D eigenvalue weighted by molar-refractivity contribution is 14.1. The van der Waals surface area contributed by atoms with E-state index < -0.39 is 0 Å². The Hall–Kier alpha value is -0.950. The number of aryl methyl sites for hydroxylation is 1. The molecule has 0 bridgehead atoms. The summed E-state index contributed by atoms with van der Waals surface area (Å²) in [5, 5.41) is 11.4. The van der Waals surface area contributed by atoms with E-state index in [-0.39, 0.29) is 0 Å². The minimum atomic E-state index is 0.402. The van der Waals surface area contributed by atoms with Gasteiger partial charge in [0.25, 0.3) is 0 Å². The molecular weight excluding hydrogens is 341 g/mol. The molecule has 0 amide bonds. The number of benzene rings is 1. The van der Waals surface area contributed by atoms with Gasteiger partial charge in [-0.25, -0.2) is 0 Å². The fourth-order valence-corrected chi connectivity index (χ4v) is 2.13. The number of rotatable bonds is 4. The van der Waals surface area contributed by atoms with Gasteiger partial charge in [0.15, 0.2) is 0 Å². The maximum Gasteiger partial charge on any atom is 0.248 e. The fraction of sp³-hybridized carbons (Fsp3) is 0.385. The van der Waals surface area contributed by atoms with Gasteiger partial charge in [0, 0.05) is 9.61 Å². The van der Waals surface area contributed by atoms with Gasteiger partial charge in [0.05, 0.1) is 12.1 Å². The summed E-state index contributed by atoms with van der Waals surface area (Å²) in [4.78, 5) is 0. The van der Waals surface area contributed by atoms with Crippen molar-refractivity contribution in [2.24, 2.45) is 0 Å². The summed E-state index contributed by atoms with van der Waals surface area (Å²) in [6, 6.07) is 6.48. The number of aromatic nitrogens is 2. The summed E-state index contributed by atoms with van der Waals surface area (Å²) in [6.45, 7) is 6.84. The van der Waals surface area contributed by atoms with Gasteiger partial charge < -0.3 is 9.73 Å². The average Bonchev–Trinajstić information content (AvgIpc) is 2.78. The van der Waals surface area contributed by atoms with Crippen molar-refractivity contribution in [2.75, 3.05) is 0 Å². The van der Waals surface area contributed by atoms with Crippen molar-refractivity contribution in [2.45, 2.75) is 33.4 Å². The maximum atomic E-state index is 5.67. The third-order valence-electron chi connectivity index (χ3n) is 2.55. The Bertz CT molecular complexity index is 537. The monoisotopic (exact) mass is 357 g/mol. The summed E-state index contributed by atoms with van der Waals surface area (Å²) in [5.74, 6) is 1.21. The molecule has 5 heteroatoms. The van der Waals surface area contributed by atoms with Crippen LogP contribution in [-0.4, -0.2) is 16.2 Å². The van der Waals surface area contributed by atoms with E-state index >= 15 is 0 Å². The van der Waals surface area contributed by atoms with Crippen LogP contribution in [0.2, 0.25) is 0 Å². The van der Waals surface area contributed by atoms with E-state index in [1.807, 2.05) is 12.1 Å². The smallest absolute Gasteiger partial charge is 0.248 e. The Morgan fingerprint density at radius 1 is 1.33 bits per heavy atom. The van der Waals surface area contributed by atoms with E-state index in [1.54, 1.807) is 0 Å². The van der Waals surface area contributed by atoms with Crippen molar-refractivity contribution in [1.82, 2.24) is 15.5 Å². The van der Waals surface area contributed by atoms with Crippen LogP contribution < -0.4 is 5.32 Å². The van der Waals surface area contributed by atoms with Gasteiger partial charge in [-0.05, 0) is 41.1 Å². The van der Waals surface area contributed by atoms with Gasteiger partial charge >= 0.3 is 0 Å². The van der Waals surface area contributed by atoms with Gasteiger partial charge in [-0.15, -0.1) is 10.2 Å². The van der Waals surface area contributed by atoms with E-state index in [0.29, 0.717) is 24.4 Å². The predicted octanol–water partition coefficient (Wildman–Crippen LogP) is 3.15. The summed E-state index contributed by atoms with van der Waals surface area (Å²) in [7, 11) is 0. The molecular formula is C13H16IN3O. The summed E-state index contributed by atoms with van der Waals surface area (Å²) < 4.78 is 6.82. The summed E-state index contributed by atoms with van der Waals surface area (Å²) in [5.41, 5.74) is 2.21. The summed E-state index contributed by atoms with van der Waals surface area (Å²) in [6.07, 6.45) is 0. The minimum Gasteiger partial charge on any atom is -0.419 e. The Morgan fingerprint density at radius 2 is 2.11 bits per heavy atom. The quantitative estimate of drug-likeness (QED) is 0.855. The molecule has 96 valence electrons. The number of hydrogen-bond acceptors (Lipinski definition) is 4. The van der Waals surface area contributed by atoms with Crippen LogP contribution in [0.15, 0.2) is 22.6 Å². The molecule has 0 aliphatic carbocycles. The van der Waals surface area contributed by atoms with Crippen molar-refractivity contribution >= 4 is 22.6 Å². The molecule has 2 aromatic rings. The molecule has 1 aromatic carbocycles. The lowest BCUT2D eigenvalue weighted by Gasteiger charge is -2.04. The molecule has 0 atom stereocenters. The lowest BCUT2D eigenvalue weighted by atomic mass is 10.1. The number of nitrogens with zero attached hydrogens (tertiary/aromatic N) is 2. The lowest BCUT2D eigenvalue weighted by molar-refractivity contribution is 0.458. The van der Waals surface area contributed by atoms with Crippen LogP contribution in [0.3, 0.4) is 0 Å². The van der Waals surface area contributed by atoms with Crippen LogP contribution in [0, 0.1) is 10.5 Å². The molecule has 0 saturated carbocycles. The first-order chi connectivity index (χ1) is 8.58. The highest BCUT2D eigenvalue weighted by atomic mass is 127. The zero-order valence-corrected chi connectivity index (χ0v) is 12.9. The van der Waals surface area contributed by atoms with E-state index in [1.165, 1.54) is 5.56 Å². The molecule has 0 unspecified atom stereocenters. The van der Waals surface area contributed by atoms with Crippen molar-refractivity contribution < 1.29 is 4.42 Å². The molecule has 1 heterocycles. The average molecular weight is 357 g/mol. The van der Waals surface area contributed by atoms with Crippen molar-refractivity contribution in [3.05, 3.63) is 33.2 Å². The zero-order chi connectivity index (χ0) is 13.1. The first kappa shape index (κ1) is 13.5. The van der Waals surface area contributed by atoms with E-state index in [9.17, 15) is 0 Å². The third kappa shape index (κ3) is 3.08. The molecule has 0 saturated heterocycles. The van der Waals surface area contributed by atoms with Crippen LogP contribution in [0.25, 0.3) is 11.5 Å². The highest BCUT2D eigenvalue weighted by Gasteiger charge is 2.12. The van der Waals surface area contributed by atoms with Crippen LogP contribution in [-0.2, 0) is 6.54 Å². The standard InChI is InChI=1S/C13H16IN3O/c1-8(2)15-7-11-16-17-13(18-11)10-6-4-5-9(3)12(10)14/h4-6,8,15H,7H2,1-3H3. The van der Waals surface area contributed by atoms with Gasteiger partial charge in [-0.1, -0.05) is 26.0 Å². The Balaban J connectivity index is 2.21. The lowest BCUT2D eigenvalue weighted by Crippen LogP contribution is -2.21. The SMILES string of the molecule is Cc1cccc(-c2nnc(CNC(C)C)o2)c1I. The minimum absolute atomic E-state index is 0.402. The van der Waals surface area contributed by atoms with E-state index in [0.717, 1.165) is 9.13 Å². The second-order valence-electron chi connectivity index (χ2n) is 4.47. The molecule has 0 radical (unpaired) electrons. The molecule has 4 nitrogen and oxygen atoms in total. The Morgan fingerprint density at radius 3 is 2.83 bits per heavy atom. The van der Waals surface area contributed by atoms with Gasteiger partial charge in [-0.3, -0.25) is 0 Å². The molecule has 0 fully saturated rings. The van der Waals surface area contributed by atoms with Gasteiger partial charge in [0.1, 0.15) is 0 Å². The molecule has 0 spiro atoms. The van der Waals surface area contributed by atoms with Gasteiger partial charge in [0.2, 0.25) is 11.8 Å². The Kier molecular flexibility index (Phi) is 4.34. The Labute approximate surface area is 120 Å². The molecule has 1 aromatic heterocycles. The van der Waals surface area contributed by atoms with Crippen LogP contribution in [0.5, 0.6) is 0 Å². The second kappa shape index (κ2) is 5.79. The van der Waals surface area contributed by atoms with Crippen molar-refractivity contribution in [3.8, 4) is 11.5 Å². The number of nitrogens with one attached hydrogen (secondary N) is 1. The predicted molar refractivity (Wildman–Crippen MR) is 79.2 cm³/mol. The number of hydrogen-bond donors (Lipinski definition) is 1. The maximum absolute atomic E-state index is 5.67. The molecule has 18 heavy (non-hydrogen) atoms. The molecule has 1 N–H and O–H groups in total. The highest BCUT2D eigenvalue weighted by Crippen LogP contribution is 2.26. The number of halogens is 1. The fourth-order valence-electron chi connectivity index (χ4n) is 1.54. The van der Waals surface area contributed by atoms with E-state index in [2.05, 4.69) is 64.9 Å². The van der Waals surface area contributed by atoms with Crippen molar-refractivity contribution in [3.63, 3.8) is 0 Å². The largest absolute Gasteiger partial charge is 0.419 e. The van der Waals surface area contributed by atoms with E-state index in [4.69, 9.17) is 4.42 Å². The van der Waals surface area contributed by atoms with Crippen LogP contribution in [0.4, 0.5) is 0 Å². The molecule has 2 rings (SSSR count). The topological polar surface area (TPSA) is 51.0 Å². The second-order valence-corrected chi connectivity index (χ2v) is 5.55. The summed E-state index contributed by atoms with van der Waals surface area (Å²) >= 11 is 2.31. The molecule has 0 aliphatic heterocycles. The third-order valence-corrected chi connectivity index (χ3v) is 3.98. The van der Waals surface area contributed by atoms with Crippen LogP contribution >= 0.6 is 22.6 Å². The normalized spacial score (nSPS) is 11.2. The first-order valence-corrected chi connectivity index (χ1v) is 6.97. The van der Waals surface area contributed by atoms with Crippen LogP contribution in [0.1, 0.15) is 25.3 Å². The molecule has 0 aliphatic rings. The van der Waals surface area contributed by atoms with Crippen molar-refractivity contribution in [1.29, 1.82) is 0 Å². The first-order valence-electron chi connectivity index (χ1n) is 5.89. The van der Waals surface area contributed by atoms with Gasteiger partial charge in [-0.2, -0.15) is 0 Å². The zero-order valence-electron chi connectivity index (χ0n) is 10.7.